The van der Waals surface area contributed by atoms with Crippen molar-refractivity contribution in [3.05, 3.63) is 69.7 Å². The quantitative estimate of drug-likeness (QED) is 0.663. The summed E-state index contributed by atoms with van der Waals surface area (Å²) in [6.07, 6.45) is -0.0307. The minimum Gasteiger partial charge on any atom is -0.346 e. The van der Waals surface area contributed by atoms with E-state index in [1.807, 2.05) is 0 Å². The highest BCUT2D eigenvalue weighted by Gasteiger charge is 2.41. The molecule has 1 fully saturated rings. The second-order valence-electron chi connectivity index (χ2n) is 7.22. The van der Waals surface area contributed by atoms with Gasteiger partial charge in [0.05, 0.1) is 4.11 Å². The Labute approximate surface area is 192 Å². The average Bonchev–Trinajstić information content (AvgIpc) is 3.08. The number of fused-ring (bicyclic) bond motifs is 1. The molecule has 2 aromatic carbocycles. The van der Waals surface area contributed by atoms with Gasteiger partial charge in [0.15, 0.2) is 1.41 Å². The Hall–Kier alpha value is -3.33. The molecule has 2 N–H and O–H groups in total. The summed E-state index contributed by atoms with van der Waals surface area (Å²) in [7, 11) is 0. The van der Waals surface area contributed by atoms with Crippen LogP contribution in [0.1, 0.15) is 44.0 Å². The van der Waals surface area contributed by atoms with Crippen LogP contribution in [0.4, 0.5) is 8.78 Å². The van der Waals surface area contributed by atoms with Crippen LogP contribution in [0.25, 0.3) is 0 Å². The van der Waals surface area contributed by atoms with E-state index in [0.717, 1.165) is 47.4 Å². The molecule has 0 aromatic heterocycles. The third kappa shape index (κ3) is 4.08. The average molecular weight is 466 g/mol. The lowest BCUT2D eigenvalue weighted by atomic mass is 10.0. The van der Waals surface area contributed by atoms with E-state index in [0.29, 0.717) is 0 Å². The zero-order chi connectivity index (χ0) is 26.6. The third-order valence-corrected chi connectivity index (χ3v) is 5.35. The zero-order valence-corrected chi connectivity index (χ0v) is 17.0. The Morgan fingerprint density at radius 2 is 2.00 bits per heavy atom. The summed E-state index contributed by atoms with van der Waals surface area (Å²) >= 11 is 5.68. The van der Waals surface area contributed by atoms with Gasteiger partial charge in [-0.15, -0.1) is 0 Å². The molecule has 4 amide bonds. The number of imide groups is 1. The van der Waals surface area contributed by atoms with Crippen molar-refractivity contribution in [2.75, 3.05) is 0 Å². The molecular weight excluding hydrogens is 444 g/mol. The van der Waals surface area contributed by atoms with Crippen LogP contribution in [-0.2, 0) is 33.3 Å². The summed E-state index contributed by atoms with van der Waals surface area (Å²) in [6, 6.07) is 6.16. The fourth-order valence-electron chi connectivity index (χ4n) is 3.43. The van der Waals surface area contributed by atoms with Gasteiger partial charge in [0.2, 0.25) is 11.8 Å². The van der Waals surface area contributed by atoms with E-state index in [4.69, 9.17) is 17.1 Å². The van der Waals surface area contributed by atoms with Crippen LogP contribution < -0.4 is 10.6 Å². The predicted molar refractivity (Wildman–Crippen MR) is 110 cm³/mol. The normalized spacial score (nSPS) is 23.0. The highest BCUT2D eigenvalue weighted by molar-refractivity contribution is 6.30. The number of carbonyl (C=O) groups is 4. The topological polar surface area (TPSA) is 95.6 Å². The van der Waals surface area contributed by atoms with Crippen LogP contribution in [0.3, 0.4) is 0 Å². The second-order valence-corrected chi connectivity index (χ2v) is 7.66. The van der Waals surface area contributed by atoms with Gasteiger partial charge in [0.1, 0.15) is 6.04 Å². The molecule has 0 radical (unpaired) electrons. The van der Waals surface area contributed by atoms with E-state index >= 15 is 0 Å². The summed E-state index contributed by atoms with van der Waals surface area (Å²) in [5.74, 6) is -8.33. The van der Waals surface area contributed by atoms with E-state index in [1.54, 1.807) is 0 Å². The fraction of sp³-hybridized carbons (Fsp3) is 0.273. The number of piperidine rings is 1. The monoisotopic (exact) mass is 465 g/mol. The fourth-order valence-corrected chi connectivity index (χ4v) is 3.55. The zero-order valence-electron chi connectivity index (χ0n) is 20.3. The van der Waals surface area contributed by atoms with Crippen LogP contribution in [-0.4, -0.2) is 34.6 Å². The molecule has 10 heteroatoms. The Balaban J connectivity index is 1.62. The van der Waals surface area contributed by atoms with Crippen molar-refractivity contribution in [3.8, 4) is 0 Å². The van der Waals surface area contributed by atoms with Gasteiger partial charge in [0.25, 0.3) is 11.8 Å². The molecule has 0 bridgehead atoms. The van der Waals surface area contributed by atoms with E-state index < -0.39 is 65.0 Å². The van der Waals surface area contributed by atoms with Crippen LogP contribution in [0.5, 0.6) is 0 Å². The van der Waals surface area contributed by atoms with Gasteiger partial charge >= 0.3 is 5.92 Å². The first kappa shape index (κ1) is 17.3. The van der Waals surface area contributed by atoms with Crippen molar-refractivity contribution in [1.29, 1.82) is 0 Å². The molecule has 2 aromatic rings. The first-order valence-electron chi connectivity index (χ1n) is 11.5. The number of alkyl halides is 2. The summed E-state index contributed by atoms with van der Waals surface area (Å²) in [6.45, 7) is -4.54. The lowest BCUT2D eigenvalue weighted by Crippen LogP contribution is -2.52. The number of hydrogen-bond donors (Lipinski definition) is 2. The molecule has 4 rings (SSSR count). The molecule has 32 heavy (non-hydrogen) atoms. The minimum atomic E-state index is -4.24. The molecular formula is C22H18ClF2N3O4. The molecule has 2 unspecified atom stereocenters. The number of amides is 4. The van der Waals surface area contributed by atoms with E-state index in [2.05, 4.69) is 5.32 Å². The first-order chi connectivity index (χ1) is 16.8. The van der Waals surface area contributed by atoms with Crippen LogP contribution in [0.15, 0.2) is 42.5 Å². The van der Waals surface area contributed by atoms with Crippen LogP contribution >= 0.6 is 11.6 Å². The van der Waals surface area contributed by atoms with E-state index in [-0.39, 0.29) is 29.0 Å². The van der Waals surface area contributed by atoms with E-state index in [1.165, 1.54) is 0 Å². The minimum absolute atomic E-state index is 0.00222. The standard InChI is InChI=1S/C22H18ClF2N3O4/c23-15-4-2-14(3-5-15)22(24,25)21(32)26-10-12-1-6-16-13(9-12)11-28(20(16)31)17-7-8-18(29)27-19(17)30/h1-6,9,17H,7-8,10-11H2,(H,26,32)(H,27,29,30)/i10D2,11D/hD. The summed E-state index contributed by atoms with van der Waals surface area (Å²) < 4.78 is 62.3. The highest BCUT2D eigenvalue weighted by Crippen LogP contribution is 2.30. The number of nitrogens with zero attached hydrogens (tertiary/aromatic N) is 1. The molecule has 7 nitrogen and oxygen atoms in total. The van der Waals surface area contributed by atoms with Gasteiger partial charge in [-0.25, -0.2) is 0 Å². The number of halogens is 3. The van der Waals surface area contributed by atoms with Crippen molar-refractivity contribution in [3.63, 3.8) is 0 Å². The Kier molecular flexibility index (Phi) is 4.48. The van der Waals surface area contributed by atoms with Gasteiger partial charge in [0, 0.05) is 35.6 Å². The van der Waals surface area contributed by atoms with Crippen LogP contribution in [0, 0.1) is 0 Å². The van der Waals surface area contributed by atoms with Gasteiger partial charge in [-0.2, -0.15) is 8.78 Å². The molecule has 166 valence electrons. The second kappa shape index (κ2) is 8.31. The molecule has 2 aliphatic heterocycles. The Morgan fingerprint density at radius 3 is 2.69 bits per heavy atom. The smallest absolute Gasteiger partial charge is 0.346 e. The molecule has 2 heterocycles. The van der Waals surface area contributed by atoms with Crippen molar-refractivity contribution >= 4 is 35.2 Å². The summed E-state index contributed by atoms with van der Waals surface area (Å²) in [5.41, 5.74) is -1.26. The first-order valence-corrected chi connectivity index (χ1v) is 9.85. The number of rotatable bonds is 5. The number of nitrogens with one attached hydrogen (secondary N) is 2. The van der Waals surface area contributed by atoms with Gasteiger partial charge in [-0.3, -0.25) is 24.5 Å². The molecule has 2 atom stereocenters. The molecule has 2 aliphatic rings. The molecule has 0 saturated carbocycles. The van der Waals surface area contributed by atoms with E-state index in [9.17, 15) is 28.0 Å². The Morgan fingerprint density at radius 1 is 1.28 bits per heavy atom. The maximum absolute atomic E-state index is 14.8. The SMILES string of the molecule is [2H]C1c2cc(C([2H])([2H])N([2H])C(=O)C(F)(F)c3ccc(Cl)cc3)ccc2C(=O)N1C1CCC(=O)NC1=O. The Bertz CT molecular complexity index is 1280. The summed E-state index contributed by atoms with van der Waals surface area (Å²) in [4.78, 5) is 50.0. The highest BCUT2D eigenvalue weighted by atomic mass is 35.5. The lowest BCUT2D eigenvalue weighted by molar-refractivity contribution is -0.147. The largest absolute Gasteiger partial charge is 0.349 e. The van der Waals surface area contributed by atoms with Gasteiger partial charge in [-0.1, -0.05) is 35.9 Å². The molecule has 0 aliphatic carbocycles. The van der Waals surface area contributed by atoms with Crippen LogP contribution in [0.2, 0.25) is 6.43 Å². The van der Waals surface area contributed by atoms with Crippen molar-refractivity contribution in [2.24, 2.45) is 0 Å². The predicted octanol–water partition coefficient (Wildman–Crippen LogP) is 2.51. The number of carbonyl (C=O) groups excluding carboxylic acids is 4. The van der Waals surface area contributed by atoms with Crippen molar-refractivity contribution in [1.82, 2.24) is 15.5 Å². The maximum Gasteiger partial charge on any atom is 0.349 e. The van der Waals surface area contributed by atoms with Crippen molar-refractivity contribution < 1.29 is 33.5 Å². The third-order valence-electron chi connectivity index (χ3n) is 5.10. The number of hydrogen-bond acceptors (Lipinski definition) is 4. The molecule has 1 saturated heterocycles. The lowest BCUT2D eigenvalue weighted by Gasteiger charge is -2.29. The van der Waals surface area contributed by atoms with Gasteiger partial charge in [-0.05, 0) is 35.7 Å². The van der Waals surface area contributed by atoms with Gasteiger partial charge < -0.3 is 10.2 Å². The molecule has 0 spiro atoms. The summed E-state index contributed by atoms with van der Waals surface area (Å²) in [5, 5.41) is 1.76. The van der Waals surface area contributed by atoms with Crippen molar-refractivity contribution in [2.45, 2.75) is 37.8 Å². The maximum atomic E-state index is 14.8. The number of benzene rings is 2.